The fourth-order valence-electron chi connectivity index (χ4n) is 2.39. The molecule has 1 aliphatic rings. The van der Waals surface area contributed by atoms with Crippen LogP contribution in [0.15, 0.2) is 23.4 Å². The number of nitrogens with zero attached hydrogens (tertiary/aromatic N) is 4. The molecule has 1 aliphatic carbocycles. The van der Waals surface area contributed by atoms with E-state index in [2.05, 4.69) is 14.8 Å². The molecule has 3 rings (SSSR count). The maximum atomic E-state index is 12.3. The van der Waals surface area contributed by atoms with E-state index in [9.17, 15) is 14.9 Å². The number of ketones is 1. The third kappa shape index (κ3) is 3.26. The van der Waals surface area contributed by atoms with E-state index >= 15 is 0 Å². The molecule has 0 atom stereocenters. The normalized spacial score (nSPS) is 14.0. The summed E-state index contributed by atoms with van der Waals surface area (Å²) in [6.07, 6.45) is 2.23. The predicted molar refractivity (Wildman–Crippen MR) is 85.9 cm³/mol. The molecule has 0 bridgehead atoms. The zero-order valence-electron chi connectivity index (χ0n) is 12.9. The van der Waals surface area contributed by atoms with Gasteiger partial charge in [-0.1, -0.05) is 23.9 Å². The number of nitro groups is 1. The average Bonchev–Trinajstić information content (AvgIpc) is 3.28. The van der Waals surface area contributed by atoms with E-state index in [4.69, 9.17) is 0 Å². The quantitative estimate of drug-likeness (QED) is 0.349. The summed E-state index contributed by atoms with van der Waals surface area (Å²) in [4.78, 5) is 22.8. The second kappa shape index (κ2) is 6.11. The number of aromatic nitrogens is 3. The van der Waals surface area contributed by atoms with Crippen LogP contribution in [-0.4, -0.2) is 31.2 Å². The number of benzene rings is 1. The summed E-state index contributed by atoms with van der Waals surface area (Å²) in [5.74, 6) is 0.889. The minimum absolute atomic E-state index is 0.0298. The highest BCUT2D eigenvalue weighted by Crippen LogP contribution is 2.38. The molecule has 7 nitrogen and oxygen atoms in total. The summed E-state index contributed by atoms with van der Waals surface area (Å²) in [5, 5.41) is 19.9. The fourth-order valence-corrected chi connectivity index (χ4v) is 3.34. The summed E-state index contributed by atoms with van der Waals surface area (Å²) in [7, 11) is 0. The molecule has 8 heteroatoms. The maximum absolute atomic E-state index is 12.3. The highest BCUT2D eigenvalue weighted by molar-refractivity contribution is 7.99. The van der Waals surface area contributed by atoms with Gasteiger partial charge in [0, 0.05) is 23.2 Å². The van der Waals surface area contributed by atoms with E-state index in [-0.39, 0.29) is 17.2 Å². The second-order valence-corrected chi connectivity index (χ2v) is 6.54. The van der Waals surface area contributed by atoms with Gasteiger partial charge in [-0.05, 0) is 26.7 Å². The molecule has 1 aromatic carbocycles. The van der Waals surface area contributed by atoms with Crippen molar-refractivity contribution >= 4 is 23.2 Å². The van der Waals surface area contributed by atoms with Crippen LogP contribution in [0.1, 0.15) is 40.6 Å². The Kier molecular flexibility index (Phi) is 4.16. The monoisotopic (exact) mass is 332 g/mol. The van der Waals surface area contributed by atoms with Crippen molar-refractivity contribution in [3.05, 3.63) is 45.3 Å². The molecular formula is C15H16N4O3S. The lowest BCUT2D eigenvalue weighted by molar-refractivity contribution is -0.385. The number of hydrogen-bond acceptors (Lipinski definition) is 6. The lowest BCUT2D eigenvalue weighted by atomic mass is 10.1. The van der Waals surface area contributed by atoms with Crippen molar-refractivity contribution in [2.45, 2.75) is 37.9 Å². The van der Waals surface area contributed by atoms with E-state index in [1.165, 1.54) is 17.8 Å². The first-order valence-electron chi connectivity index (χ1n) is 7.30. The Morgan fingerprint density at radius 1 is 1.39 bits per heavy atom. The van der Waals surface area contributed by atoms with Crippen LogP contribution in [0.2, 0.25) is 0 Å². The fraction of sp³-hybridized carbons (Fsp3) is 0.400. The predicted octanol–water partition coefficient (Wildman–Crippen LogP) is 3.11. The number of carbonyl (C=O) groups excluding carboxylic acids is 1. The number of rotatable bonds is 6. The average molecular weight is 332 g/mol. The van der Waals surface area contributed by atoms with Gasteiger partial charge in [0.15, 0.2) is 10.9 Å². The molecule has 2 aromatic rings. The van der Waals surface area contributed by atoms with Gasteiger partial charge in [0.1, 0.15) is 5.82 Å². The van der Waals surface area contributed by atoms with Crippen LogP contribution in [0.3, 0.4) is 0 Å². The van der Waals surface area contributed by atoms with Gasteiger partial charge in [0.2, 0.25) is 0 Å². The molecule has 0 radical (unpaired) electrons. The molecule has 0 N–H and O–H groups in total. The van der Waals surface area contributed by atoms with Crippen LogP contribution in [0.25, 0.3) is 0 Å². The summed E-state index contributed by atoms with van der Waals surface area (Å²) in [6, 6.07) is 5.02. The Bertz CT molecular complexity index is 783. The Morgan fingerprint density at radius 3 is 2.78 bits per heavy atom. The van der Waals surface area contributed by atoms with Crippen LogP contribution in [-0.2, 0) is 0 Å². The van der Waals surface area contributed by atoms with E-state index in [0.29, 0.717) is 17.2 Å². The van der Waals surface area contributed by atoms with E-state index in [0.717, 1.165) is 23.8 Å². The van der Waals surface area contributed by atoms with Gasteiger partial charge in [-0.3, -0.25) is 14.9 Å². The standard InChI is InChI=1S/C15H16N4O3S/c1-9-3-4-11(7-13(9)19(21)22)14(20)8-23-15-17-16-10(2)18(15)12-5-6-12/h3-4,7,12H,5-6,8H2,1-2H3. The van der Waals surface area contributed by atoms with Crippen molar-refractivity contribution in [3.63, 3.8) is 0 Å². The largest absolute Gasteiger partial charge is 0.303 e. The van der Waals surface area contributed by atoms with Crippen molar-refractivity contribution in [3.8, 4) is 0 Å². The van der Waals surface area contributed by atoms with Crippen LogP contribution in [0.5, 0.6) is 0 Å². The van der Waals surface area contributed by atoms with Gasteiger partial charge >= 0.3 is 0 Å². The van der Waals surface area contributed by atoms with Crippen LogP contribution in [0.4, 0.5) is 5.69 Å². The summed E-state index contributed by atoms with van der Waals surface area (Å²) >= 11 is 1.33. The highest BCUT2D eigenvalue weighted by Gasteiger charge is 2.28. The van der Waals surface area contributed by atoms with Crippen molar-refractivity contribution in [1.82, 2.24) is 14.8 Å². The molecule has 1 aromatic heterocycles. The van der Waals surface area contributed by atoms with Gasteiger partial charge in [-0.25, -0.2) is 0 Å². The Hall–Kier alpha value is -2.22. The van der Waals surface area contributed by atoms with Gasteiger partial charge in [-0.2, -0.15) is 0 Å². The summed E-state index contributed by atoms with van der Waals surface area (Å²) in [6.45, 7) is 3.56. The first-order valence-corrected chi connectivity index (χ1v) is 8.28. The van der Waals surface area contributed by atoms with Gasteiger partial charge in [0.25, 0.3) is 5.69 Å². The van der Waals surface area contributed by atoms with E-state index in [1.807, 2.05) is 6.92 Å². The number of nitro benzene ring substituents is 1. The summed E-state index contributed by atoms with van der Waals surface area (Å²) in [5.41, 5.74) is 0.866. The van der Waals surface area contributed by atoms with Gasteiger partial charge < -0.3 is 4.57 Å². The number of Topliss-reactive ketones (excluding diaryl/α,β-unsaturated/α-hetero) is 1. The molecule has 0 saturated heterocycles. The maximum Gasteiger partial charge on any atom is 0.273 e. The second-order valence-electron chi connectivity index (χ2n) is 5.60. The van der Waals surface area contributed by atoms with Crippen LogP contribution >= 0.6 is 11.8 Å². The third-order valence-corrected chi connectivity index (χ3v) is 4.75. The van der Waals surface area contributed by atoms with Gasteiger partial charge in [0.05, 0.1) is 10.7 Å². The molecule has 1 heterocycles. The molecule has 0 spiro atoms. The van der Waals surface area contributed by atoms with Gasteiger partial charge in [-0.15, -0.1) is 10.2 Å². The zero-order valence-corrected chi connectivity index (χ0v) is 13.7. The first kappa shape index (κ1) is 15.7. The topological polar surface area (TPSA) is 90.9 Å². The minimum Gasteiger partial charge on any atom is -0.303 e. The molecule has 120 valence electrons. The van der Waals surface area contributed by atoms with Crippen molar-refractivity contribution < 1.29 is 9.72 Å². The molecular weight excluding hydrogens is 316 g/mol. The Labute approximate surface area is 137 Å². The van der Waals surface area contributed by atoms with E-state index < -0.39 is 4.92 Å². The Morgan fingerprint density at radius 2 is 2.13 bits per heavy atom. The highest BCUT2D eigenvalue weighted by atomic mass is 32.2. The molecule has 0 unspecified atom stereocenters. The van der Waals surface area contributed by atoms with Crippen molar-refractivity contribution in [2.75, 3.05) is 5.75 Å². The molecule has 1 fully saturated rings. The number of carbonyl (C=O) groups is 1. The smallest absolute Gasteiger partial charge is 0.273 e. The third-order valence-electron chi connectivity index (χ3n) is 3.81. The molecule has 1 saturated carbocycles. The number of aryl methyl sites for hydroxylation is 2. The first-order chi connectivity index (χ1) is 11.0. The SMILES string of the molecule is Cc1ccc(C(=O)CSc2nnc(C)n2C2CC2)cc1[N+](=O)[O-]. The minimum atomic E-state index is -0.466. The lowest BCUT2D eigenvalue weighted by Crippen LogP contribution is -2.06. The molecule has 0 aliphatic heterocycles. The number of thioether (sulfide) groups is 1. The lowest BCUT2D eigenvalue weighted by Gasteiger charge is -2.06. The van der Waals surface area contributed by atoms with Crippen molar-refractivity contribution in [1.29, 1.82) is 0 Å². The van der Waals surface area contributed by atoms with Crippen LogP contribution in [0, 0.1) is 24.0 Å². The Balaban J connectivity index is 1.73. The van der Waals surface area contributed by atoms with E-state index in [1.54, 1.807) is 19.1 Å². The zero-order chi connectivity index (χ0) is 16.6. The molecule has 0 amide bonds. The van der Waals surface area contributed by atoms with Crippen LogP contribution < -0.4 is 0 Å². The number of hydrogen-bond donors (Lipinski definition) is 0. The van der Waals surface area contributed by atoms with Crippen molar-refractivity contribution in [2.24, 2.45) is 0 Å². The summed E-state index contributed by atoms with van der Waals surface area (Å²) < 4.78 is 2.07. The molecule has 23 heavy (non-hydrogen) atoms.